The Balaban J connectivity index is -0.000000156. The van der Waals surface area contributed by atoms with Crippen molar-refractivity contribution in [1.82, 2.24) is 74.0 Å². The predicted octanol–water partition coefficient (Wildman–Crippen LogP) is -12.6. The maximum atomic E-state index is 11.1. The van der Waals surface area contributed by atoms with E-state index in [2.05, 4.69) is 47.5 Å². The molecule has 452 valence electrons. The Morgan fingerprint density at radius 3 is 1.51 bits per heavy atom. The van der Waals surface area contributed by atoms with Crippen molar-refractivity contribution in [2.75, 3.05) is 42.3 Å². The normalized spacial score (nSPS) is 17.4. The highest BCUT2D eigenvalue weighted by Crippen LogP contribution is 2.10. The highest BCUT2D eigenvalue weighted by molar-refractivity contribution is 6.07. The van der Waals surface area contributed by atoms with Crippen molar-refractivity contribution < 1.29 is 124 Å². The highest BCUT2D eigenvalue weighted by atomic mass is 16.4. The summed E-state index contributed by atoms with van der Waals surface area (Å²) in [7, 11) is 8.41. The Bertz CT molecular complexity index is 2180. The lowest BCUT2D eigenvalue weighted by atomic mass is 10.1. The number of urea groups is 5. The van der Waals surface area contributed by atoms with Gasteiger partial charge in [0.15, 0.2) is 0 Å². The van der Waals surface area contributed by atoms with E-state index in [1.54, 1.807) is 0 Å². The summed E-state index contributed by atoms with van der Waals surface area (Å²) in [6.45, 7) is 0. The fraction of sp³-hybridized carbons (Fsp3) is 0.500. The average molecular weight is 1150 g/mol. The summed E-state index contributed by atoms with van der Waals surface area (Å²) in [6.07, 6.45) is -0.930. The van der Waals surface area contributed by atoms with Gasteiger partial charge in [-0.15, -0.1) is 0 Å². The maximum absolute atomic E-state index is 11.1. The molecule has 20 amide bonds. The van der Waals surface area contributed by atoms with Crippen LogP contribution < -0.4 is 91.4 Å². The smallest absolute Gasteiger partial charge is 0.326 e. The molecule has 3 saturated heterocycles. The van der Waals surface area contributed by atoms with E-state index in [9.17, 15) is 86.6 Å². The van der Waals surface area contributed by atoms with Crippen LogP contribution in [0, 0.1) is 0 Å². The van der Waals surface area contributed by atoms with Gasteiger partial charge in [-0.3, -0.25) is 73.3 Å². The fourth-order valence-corrected chi connectivity index (χ4v) is 5.14. The van der Waals surface area contributed by atoms with Crippen LogP contribution in [0.2, 0.25) is 0 Å². The molecule has 43 nitrogen and oxygen atoms in total. The van der Waals surface area contributed by atoms with Crippen molar-refractivity contribution >= 4 is 107 Å². The summed E-state index contributed by atoms with van der Waals surface area (Å²) in [6, 6.07) is -10.1. The van der Waals surface area contributed by atoms with Crippen molar-refractivity contribution in [3.8, 4) is 0 Å². The summed E-state index contributed by atoms with van der Waals surface area (Å²) in [5.74, 6) is -6.72. The molecule has 43 heteroatoms. The molecule has 4 aliphatic rings. The third-order valence-electron chi connectivity index (χ3n) is 8.72. The van der Waals surface area contributed by atoms with Gasteiger partial charge in [-0.1, -0.05) is 0 Å². The van der Waals surface area contributed by atoms with E-state index in [1.165, 1.54) is 42.3 Å². The monoisotopic (exact) mass is 1150 g/mol. The molecule has 6 atom stereocenters. The molecule has 4 heterocycles. The number of rotatable bonds is 13. The van der Waals surface area contributed by atoms with Crippen molar-refractivity contribution in [1.29, 1.82) is 0 Å². The molecule has 0 aromatic heterocycles. The second kappa shape index (κ2) is 42.1. The first kappa shape index (κ1) is 82.9. The van der Waals surface area contributed by atoms with Gasteiger partial charge < -0.3 is 118 Å². The van der Waals surface area contributed by atoms with Crippen LogP contribution in [-0.2, 0) is 57.5 Å². The quantitative estimate of drug-likeness (QED) is 0.0601. The van der Waals surface area contributed by atoms with E-state index in [1.807, 2.05) is 26.6 Å². The van der Waals surface area contributed by atoms with Crippen molar-refractivity contribution in [2.24, 2.45) is 22.2 Å². The second-order valence-corrected chi connectivity index (χ2v) is 14.2. The molecule has 4 unspecified atom stereocenters. The Labute approximate surface area is 444 Å². The third kappa shape index (κ3) is 34.9. The number of primary amides is 3. The minimum Gasteiger partial charge on any atom is -0.870 e. The number of likely N-dealkylation sites (N-methyl/N-ethyl adjacent to an activating group) is 4. The zero-order valence-electron chi connectivity index (χ0n) is 42.4. The summed E-state index contributed by atoms with van der Waals surface area (Å²) in [4.78, 5) is 186. The molecule has 27 N–H and O–H groups in total. The summed E-state index contributed by atoms with van der Waals surface area (Å²) < 4.78 is 0. The molecule has 0 bridgehead atoms. The minimum atomic E-state index is -1.30. The van der Waals surface area contributed by atoms with Crippen molar-refractivity contribution in [3.63, 3.8) is 0 Å². The number of nitrogens with two attached hydrogens (primary N) is 3. The van der Waals surface area contributed by atoms with Gasteiger partial charge in [-0.2, -0.15) is 0 Å². The maximum Gasteiger partial charge on any atom is 0.326 e. The van der Waals surface area contributed by atoms with Crippen LogP contribution in [0.25, 0.3) is 0 Å². The molecule has 0 aromatic rings. The highest BCUT2D eigenvalue weighted by Gasteiger charge is 2.36. The van der Waals surface area contributed by atoms with E-state index in [0.29, 0.717) is 0 Å². The molecule has 0 saturated carbocycles. The van der Waals surface area contributed by atoms with Gasteiger partial charge in [0.2, 0.25) is 47.3 Å². The number of amides is 20. The Morgan fingerprint density at radius 2 is 1.14 bits per heavy atom. The Hall–Kier alpha value is -10.1. The topological polar surface area (TPSA) is 755 Å². The van der Waals surface area contributed by atoms with Gasteiger partial charge in [0.1, 0.15) is 36.3 Å². The van der Waals surface area contributed by atoms with Crippen LogP contribution in [0.15, 0.2) is 4.99 Å². The van der Waals surface area contributed by atoms with Crippen LogP contribution in [0.1, 0.15) is 38.5 Å². The molecule has 4 aliphatic heterocycles. The molecule has 0 aliphatic carbocycles. The van der Waals surface area contributed by atoms with Crippen molar-refractivity contribution in [2.45, 2.75) is 74.8 Å². The number of hydrogen-bond donors (Lipinski definition) is 18. The predicted molar refractivity (Wildman–Crippen MR) is 252 cm³/mol. The largest absolute Gasteiger partial charge is 0.870 e. The van der Waals surface area contributed by atoms with Crippen LogP contribution in [0.5, 0.6) is 0 Å². The van der Waals surface area contributed by atoms with Crippen LogP contribution in [0.3, 0.4) is 0 Å². The first-order chi connectivity index (χ1) is 34.3. The summed E-state index contributed by atoms with van der Waals surface area (Å²) >= 11 is 0. The molecule has 3 fully saturated rings. The molecule has 79 heavy (non-hydrogen) atoms. The Morgan fingerprint density at radius 1 is 0.646 bits per heavy atom. The first-order valence-electron chi connectivity index (χ1n) is 20.6. The first-order valence-corrected chi connectivity index (χ1v) is 20.6. The van der Waals surface area contributed by atoms with Crippen LogP contribution in [0.4, 0.5) is 24.0 Å². The van der Waals surface area contributed by atoms with Crippen LogP contribution >= 0.6 is 0 Å². The lowest BCUT2D eigenvalue weighted by molar-refractivity contribution is -0.223. The number of carbonyl (C=O) groups excluding carboxylic acids is 15. The second-order valence-electron chi connectivity index (χ2n) is 14.2. The summed E-state index contributed by atoms with van der Waals surface area (Å²) in [5.41, 5.74) is 14.2. The number of carboxylic acids is 2. The van der Waals surface area contributed by atoms with Gasteiger partial charge in [0, 0.05) is 42.3 Å². The van der Waals surface area contributed by atoms with E-state index in [4.69, 9.17) is 27.4 Å². The number of carboxylic acid groups (broad SMARTS) is 2. The molecule has 0 spiro atoms. The molecular formula is C36H63N18O25-5. The number of carbonyl (C=O) groups is 17. The lowest BCUT2D eigenvalue weighted by Gasteiger charge is -2.22. The van der Waals surface area contributed by atoms with E-state index in [0.717, 1.165) is 4.90 Å². The van der Waals surface area contributed by atoms with Crippen molar-refractivity contribution in [3.05, 3.63) is 0 Å². The SMILES string of the molecule is CN1C(=O)CC(NC(N)=O)C1=O.CNC(=O)C(CC(=O)O)NC(N)=O.CNC(=O)CC(NC(N)=O)C(=O)O.CNC(=O)CC1NC(=O)NC1=O.CNC(=O)[C@@H]1CC(=O)NC(=O)N1.CNC(=O)[C@@H]1CC(=O)NC([O-])=N1.O.[OH-].[OH-].[OH-].[OH-]. The number of nitrogens with one attached hydrogen (secondary N) is 13. The van der Waals surface area contributed by atoms with Crippen LogP contribution in [-0.4, -0.2) is 228 Å². The van der Waals surface area contributed by atoms with E-state index < -0.39 is 132 Å². The van der Waals surface area contributed by atoms with Gasteiger partial charge >= 0.3 is 42.1 Å². The minimum absolute atomic E-state index is 0. The number of likely N-dealkylation sites (tertiary alicyclic amines) is 1. The number of aliphatic imine (C=N–C) groups is 1. The fourth-order valence-electron chi connectivity index (χ4n) is 5.14. The summed E-state index contributed by atoms with van der Waals surface area (Å²) in [5, 5.41) is 55.7. The van der Waals surface area contributed by atoms with Gasteiger partial charge in [-0.05, 0) is 0 Å². The van der Waals surface area contributed by atoms with Gasteiger partial charge in [-0.25, -0.2) is 28.8 Å². The number of nitrogens with zero attached hydrogens (tertiary/aromatic N) is 2. The van der Waals surface area contributed by atoms with Gasteiger partial charge in [0.25, 0.3) is 11.8 Å². The number of imide groups is 3. The molecule has 0 aromatic carbocycles. The van der Waals surface area contributed by atoms with Gasteiger partial charge in [0.05, 0.1) is 44.5 Å². The molecule has 0 radical (unpaired) electrons. The zero-order chi connectivity index (χ0) is 57.6. The Kier molecular flexibility index (Phi) is 44.2. The van der Waals surface area contributed by atoms with E-state index in [-0.39, 0.29) is 77.2 Å². The third-order valence-corrected chi connectivity index (χ3v) is 8.72. The van der Waals surface area contributed by atoms with E-state index >= 15 is 0 Å². The molecular weight excluding hydrogens is 1080 g/mol. The number of aliphatic carboxylic acids is 2. The zero-order valence-corrected chi connectivity index (χ0v) is 42.4. The average Bonchev–Trinajstić information content (AvgIpc) is 3.75. The standard InChI is InChI=1S/2C6H11N3O4.4C6H9N3O3.5H2O/c1-8-5(12)3(2-4(10)11)9-6(7)13;1-8-4(10)2-3(5(11)12)9-6(7)13;1-9-4(10)2-3(5(9)11)8-6(7)12;2*1-7-5(11)3-2-4(10)9-6(12)8-3;1-7-4(10)2-3-5(11)9-6(12)8-3;;;;;/h3H,2H2,1H3,(H,8,12)(H,10,11)(H3,7,9,13);3H,2H2,1H3,(H,8,10)(H,11,12)(H3,7,9,13);3H,2H2,1H3,(H3,7,8,12);2*3H,2H2,1H3,(H,7,11)(H2,8,9,10,12);3H,2H2,1H3,(H,7,10)(H2,8,9,11,12);5*1H2/p-5/t;;;2*3-;;;;;;/m...00....../s1. The number of hydrogen-bond acceptors (Lipinski definition) is 23. The molecule has 4 rings (SSSR count). The lowest BCUT2D eigenvalue weighted by Crippen LogP contribution is -2.57. The number of amidine groups is 1.